The second-order valence-corrected chi connectivity index (χ2v) is 1.54. The van der Waals surface area contributed by atoms with Crippen molar-refractivity contribution in [2.45, 2.75) is 6.92 Å². The molecule has 0 aromatic heterocycles. The number of hydrogen-bond acceptors (Lipinski definition) is 5. The van der Waals surface area contributed by atoms with Crippen LogP contribution in [0.15, 0.2) is 0 Å². The van der Waals surface area contributed by atoms with Crippen LogP contribution in [0.2, 0.25) is 0 Å². The van der Waals surface area contributed by atoms with Gasteiger partial charge < -0.3 is 14.2 Å². The van der Waals surface area contributed by atoms with E-state index in [2.05, 4.69) is 0 Å². The van der Waals surface area contributed by atoms with Crippen molar-refractivity contribution in [1.82, 2.24) is 0 Å². The molecule has 0 atom stereocenters. The summed E-state index contributed by atoms with van der Waals surface area (Å²) in [7, 11) is -5.17. The van der Waals surface area contributed by atoms with Gasteiger partial charge in [0, 0.05) is 17.0 Å². The van der Waals surface area contributed by atoms with Gasteiger partial charge in [-0.1, -0.05) is 0 Å². The van der Waals surface area contributed by atoms with E-state index in [9.17, 15) is 0 Å². The van der Waals surface area contributed by atoms with Crippen molar-refractivity contribution in [1.29, 1.82) is 0 Å². The van der Waals surface area contributed by atoms with Gasteiger partial charge >= 0.3 is 23.1 Å². The quantitative estimate of drug-likeness (QED) is 0.262. The average molecular weight is 166 g/mol. The Kier molecular flexibility index (Phi) is 15.6. The van der Waals surface area contributed by atoms with Gasteiger partial charge in [0.2, 0.25) is 0 Å². The van der Waals surface area contributed by atoms with Gasteiger partial charge in [0.1, 0.15) is 0 Å². The zero-order valence-electron chi connectivity index (χ0n) is 4.90. The molecule has 0 rings (SSSR count). The molecule has 0 heterocycles. The molecule has 52 valence electrons. The standard InChI is InChI=1S/C2H6O.Mg.H2O4S/c1-2-3;;1-5(2,3)4/h3H,2H2,1H3;;(H2,1,2,3,4)/q;+2;/p-2. The van der Waals surface area contributed by atoms with Gasteiger partial charge in [0.25, 0.3) is 0 Å². The van der Waals surface area contributed by atoms with Crippen molar-refractivity contribution < 1.29 is 22.6 Å². The van der Waals surface area contributed by atoms with Gasteiger partial charge in [-0.05, 0) is 6.92 Å². The Balaban J connectivity index is -0.0000000800. The van der Waals surface area contributed by atoms with E-state index in [-0.39, 0.29) is 29.7 Å². The molecule has 9 heavy (non-hydrogen) atoms. The molecule has 0 bridgehead atoms. The van der Waals surface area contributed by atoms with E-state index in [1.807, 2.05) is 0 Å². The van der Waals surface area contributed by atoms with E-state index >= 15 is 0 Å². The molecule has 0 aromatic carbocycles. The van der Waals surface area contributed by atoms with Gasteiger partial charge in [-0.15, -0.1) is 0 Å². The molecular formula is C2H6MgO5S. The van der Waals surface area contributed by atoms with Gasteiger partial charge in [-0.2, -0.15) is 0 Å². The van der Waals surface area contributed by atoms with Crippen molar-refractivity contribution in [3.05, 3.63) is 0 Å². The third-order valence-electron chi connectivity index (χ3n) is 0. The van der Waals surface area contributed by atoms with E-state index in [1.54, 1.807) is 6.92 Å². The Bertz CT molecular complexity index is 109. The fourth-order valence-corrected chi connectivity index (χ4v) is 0. The summed E-state index contributed by atoms with van der Waals surface area (Å²) in [5.74, 6) is 0. The summed E-state index contributed by atoms with van der Waals surface area (Å²) in [6.07, 6.45) is 0. The van der Waals surface area contributed by atoms with Crippen LogP contribution in [0.5, 0.6) is 0 Å². The third kappa shape index (κ3) is 1050. The molecule has 0 unspecified atom stereocenters. The van der Waals surface area contributed by atoms with E-state index in [0.29, 0.717) is 0 Å². The molecule has 0 amide bonds. The molecule has 0 aliphatic carbocycles. The molecule has 7 heteroatoms. The summed E-state index contributed by atoms with van der Waals surface area (Å²) in [5.41, 5.74) is 0. The maximum atomic E-state index is 8.52. The van der Waals surface area contributed by atoms with Crippen LogP contribution >= 0.6 is 0 Å². The topological polar surface area (TPSA) is 100 Å². The maximum Gasteiger partial charge on any atom is 2.00 e. The summed E-state index contributed by atoms with van der Waals surface area (Å²) in [6.45, 7) is 1.93. The molecule has 0 aromatic rings. The second-order valence-electron chi connectivity index (χ2n) is 0.724. The largest absolute Gasteiger partial charge is 2.00 e. The molecule has 0 radical (unpaired) electrons. The van der Waals surface area contributed by atoms with Crippen LogP contribution in [0.25, 0.3) is 0 Å². The predicted molar refractivity (Wildman–Crippen MR) is 29.0 cm³/mol. The Morgan fingerprint density at radius 1 is 1.44 bits per heavy atom. The van der Waals surface area contributed by atoms with Crippen molar-refractivity contribution in [3.8, 4) is 0 Å². The molecule has 1 N–H and O–H groups in total. The van der Waals surface area contributed by atoms with Crippen molar-refractivity contribution >= 4 is 33.5 Å². The first-order chi connectivity index (χ1) is 3.41. The van der Waals surface area contributed by atoms with Crippen LogP contribution in [-0.4, -0.2) is 52.3 Å². The molecule has 5 nitrogen and oxygen atoms in total. The fraction of sp³-hybridized carbons (Fsp3) is 1.00. The van der Waals surface area contributed by atoms with Gasteiger partial charge in [-0.25, -0.2) is 0 Å². The summed E-state index contributed by atoms with van der Waals surface area (Å²) in [5, 5.41) is 7.57. The Hall–Kier alpha value is 0.596. The van der Waals surface area contributed by atoms with E-state index in [4.69, 9.17) is 22.6 Å². The summed E-state index contributed by atoms with van der Waals surface area (Å²) in [4.78, 5) is 0. The van der Waals surface area contributed by atoms with Crippen LogP contribution in [0, 0.1) is 0 Å². The number of hydrogen-bond donors (Lipinski definition) is 1. The van der Waals surface area contributed by atoms with E-state index in [1.165, 1.54) is 0 Å². The number of rotatable bonds is 0. The minimum Gasteiger partial charge on any atom is -0.759 e. The summed E-state index contributed by atoms with van der Waals surface area (Å²) >= 11 is 0. The maximum absolute atomic E-state index is 8.52. The molecular weight excluding hydrogens is 160 g/mol. The second kappa shape index (κ2) is 8.60. The van der Waals surface area contributed by atoms with Crippen LogP contribution in [0.1, 0.15) is 6.92 Å². The summed E-state index contributed by atoms with van der Waals surface area (Å²) < 4.78 is 34.1. The Labute approximate surface area is 69.8 Å². The van der Waals surface area contributed by atoms with Crippen LogP contribution in [-0.2, 0) is 10.4 Å². The zero-order valence-corrected chi connectivity index (χ0v) is 7.13. The SMILES string of the molecule is CCO.O=S(=O)([O-])[O-].[Mg+2]. The Morgan fingerprint density at radius 3 is 1.44 bits per heavy atom. The van der Waals surface area contributed by atoms with Crippen molar-refractivity contribution in [2.75, 3.05) is 6.61 Å². The van der Waals surface area contributed by atoms with Crippen LogP contribution in [0.3, 0.4) is 0 Å². The molecule has 0 saturated heterocycles. The van der Waals surface area contributed by atoms with Crippen LogP contribution < -0.4 is 0 Å². The molecule has 0 saturated carbocycles. The van der Waals surface area contributed by atoms with Crippen molar-refractivity contribution in [2.24, 2.45) is 0 Å². The number of aliphatic hydroxyl groups is 1. The summed E-state index contributed by atoms with van der Waals surface area (Å²) in [6, 6.07) is 0. The fourth-order valence-electron chi connectivity index (χ4n) is 0. The van der Waals surface area contributed by atoms with Gasteiger partial charge in [0.05, 0.1) is 0 Å². The van der Waals surface area contributed by atoms with Gasteiger partial charge in [-0.3, -0.25) is 8.42 Å². The monoisotopic (exact) mass is 166 g/mol. The minimum absolute atomic E-state index is 0. The first-order valence-electron chi connectivity index (χ1n) is 1.69. The third-order valence-corrected chi connectivity index (χ3v) is 0. The normalized spacial score (nSPS) is 8.44. The zero-order chi connectivity index (χ0) is 7.21. The molecule has 0 aliphatic rings. The first-order valence-corrected chi connectivity index (χ1v) is 3.02. The first kappa shape index (κ1) is 16.3. The smallest absolute Gasteiger partial charge is 0.759 e. The van der Waals surface area contributed by atoms with E-state index in [0.717, 1.165) is 0 Å². The van der Waals surface area contributed by atoms with E-state index < -0.39 is 10.4 Å². The number of aliphatic hydroxyl groups excluding tert-OH is 1. The molecule has 0 spiro atoms. The molecule has 0 aliphatic heterocycles. The van der Waals surface area contributed by atoms with Gasteiger partial charge in [0.15, 0.2) is 0 Å². The van der Waals surface area contributed by atoms with Crippen molar-refractivity contribution in [3.63, 3.8) is 0 Å². The molecule has 0 fully saturated rings. The Morgan fingerprint density at radius 2 is 1.44 bits per heavy atom. The van der Waals surface area contributed by atoms with Crippen LogP contribution in [0.4, 0.5) is 0 Å². The minimum atomic E-state index is -5.17. The predicted octanol–water partition coefficient (Wildman–Crippen LogP) is -1.72. The average Bonchev–Trinajstić information content (AvgIpc) is 1.27.